The quantitative estimate of drug-likeness (QED) is 0.876. The molecule has 0 atom stereocenters. The topological polar surface area (TPSA) is 53.6 Å². The summed E-state index contributed by atoms with van der Waals surface area (Å²) in [6, 6.07) is 7.43. The van der Waals surface area contributed by atoms with Gasteiger partial charge in [0.25, 0.3) is 0 Å². The molecule has 2 amide bonds. The third-order valence-electron chi connectivity index (χ3n) is 4.03. The number of rotatable bonds is 5. The van der Waals surface area contributed by atoms with Gasteiger partial charge in [0.15, 0.2) is 0 Å². The molecular formula is C16H25N3O2. The van der Waals surface area contributed by atoms with E-state index in [0.717, 1.165) is 49.8 Å². The van der Waals surface area contributed by atoms with E-state index in [0.29, 0.717) is 0 Å². The first-order chi connectivity index (χ1) is 10.2. The maximum Gasteiger partial charge on any atom is 0.321 e. The Morgan fingerprint density at radius 2 is 2.14 bits per heavy atom. The van der Waals surface area contributed by atoms with Crippen molar-refractivity contribution in [3.05, 3.63) is 24.3 Å². The Hall–Kier alpha value is -1.75. The smallest absolute Gasteiger partial charge is 0.321 e. The fourth-order valence-electron chi connectivity index (χ4n) is 2.68. The molecule has 116 valence electrons. The number of hydrogen-bond acceptors (Lipinski definition) is 3. The van der Waals surface area contributed by atoms with Crippen LogP contribution in [0.15, 0.2) is 24.3 Å². The summed E-state index contributed by atoms with van der Waals surface area (Å²) in [5.41, 5.74) is 0.775. The molecule has 2 N–H and O–H groups in total. The van der Waals surface area contributed by atoms with E-state index < -0.39 is 0 Å². The van der Waals surface area contributed by atoms with Gasteiger partial charge in [-0.2, -0.15) is 0 Å². The van der Waals surface area contributed by atoms with Crippen LogP contribution >= 0.6 is 0 Å². The fourth-order valence-corrected chi connectivity index (χ4v) is 2.68. The predicted molar refractivity (Wildman–Crippen MR) is 84.9 cm³/mol. The molecule has 1 heterocycles. The molecule has 0 spiro atoms. The number of nitrogens with zero attached hydrogens (tertiary/aromatic N) is 1. The average Bonchev–Trinajstić information content (AvgIpc) is 2.53. The second-order valence-corrected chi connectivity index (χ2v) is 5.48. The Morgan fingerprint density at radius 1 is 1.38 bits per heavy atom. The van der Waals surface area contributed by atoms with E-state index in [1.807, 2.05) is 36.2 Å². The summed E-state index contributed by atoms with van der Waals surface area (Å²) in [6.45, 7) is 2.73. The minimum absolute atomic E-state index is 0.0182. The van der Waals surface area contributed by atoms with Crippen LogP contribution in [0.1, 0.15) is 19.3 Å². The first-order valence-electron chi connectivity index (χ1n) is 7.57. The van der Waals surface area contributed by atoms with Crippen molar-refractivity contribution < 1.29 is 9.53 Å². The molecule has 0 aromatic heterocycles. The van der Waals surface area contributed by atoms with E-state index in [1.165, 1.54) is 6.42 Å². The van der Waals surface area contributed by atoms with Crippen LogP contribution in [0.2, 0.25) is 0 Å². The monoisotopic (exact) mass is 291 g/mol. The number of ether oxygens (including phenoxy) is 1. The first kappa shape index (κ1) is 15.6. The lowest BCUT2D eigenvalue weighted by Gasteiger charge is -2.32. The Labute approximate surface area is 126 Å². The second kappa shape index (κ2) is 7.88. The standard InChI is InChI=1S/C16H25N3O2/c1-17-9-6-13-7-10-19(11-8-13)16(20)18-14-4-3-5-15(12-14)21-2/h3-5,12-13,17H,6-11H2,1-2H3,(H,18,20). The van der Waals surface area contributed by atoms with Crippen LogP contribution in [0.25, 0.3) is 0 Å². The number of likely N-dealkylation sites (tertiary alicyclic amines) is 1. The van der Waals surface area contributed by atoms with Gasteiger partial charge in [-0.25, -0.2) is 4.79 Å². The maximum absolute atomic E-state index is 12.2. The SMILES string of the molecule is CNCCC1CCN(C(=O)Nc2cccc(OC)c2)CC1. The van der Waals surface area contributed by atoms with Crippen LogP contribution in [0.3, 0.4) is 0 Å². The molecule has 0 bridgehead atoms. The van der Waals surface area contributed by atoms with Crippen molar-refractivity contribution in [2.75, 3.05) is 39.1 Å². The van der Waals surface area contributed by atoms with Crippen molar-refractivity contribution in [1.82, 2.24) is 10.2 Å². The summed E-state index contributed by atoms with van der Waals surface area (Å²) in [7, 11) is 3.60. The Balaban J connectivity index is 1.81. The van der Waals surface area contributed by atoms with Gasteiger partial charge in [-0.1, -0.05) is 6.07 Å². The van der Waals surface area contributed by atoms with E-state index >= 15 is 0 Å². The van der Waals surface area contributed by atoms with Crippen molar-refractivity contribution in [3.8, 4) is 5.75 Å². The zero-order valence-electron chi connectivity index (χ0n) is 12.9. The third kappa shape index (κ3) is 4.63. The molecule has 0 radical (unpaired) electrons. The molecule has 1 saturated heterocycles. The highest BCUT2D eigenvalue weighted by Crippen LogP contribution is 2.21. The lowest BCUT2D eigenvalue weighted by molar-refractivity contribution is 0.180. The summed E-state index contributed by atoms with van der Waals surface area (Å²) in [5.74, 6) is 1.48. The molecule has 0 unspecified atom stereocenters. The molecule has 21 heavy (non-hydrogen) atoms. The summed E-state index contributed by atoms with van der Waals surface area (Å²) in [5, 5.41) is 6.13. The molecule has 2 rings (SSSR count). The van der Waals surface area contributed by atoms with Gasteiger partial charge in [0.1, 0.15) is 5.75 Å². The number of hydrogen-bond donors (Lipinski definition) is 2. The molecular weight excluding hydrogens is 266 g/mol. The van der Waals surface area contributed by atoms with E-state index in [4.69, 9.17) is 4.74 Å². The zero-order chi connectivity index (χ0) is 15.1. The van der Waals surface area contributed by atoms with Gasteiger partial charge in [0.2, 0.25) is 0 Å². The van der Waals surface area contributed by atoms with Crippen LogP contribution in [0.4, 0.5) is 10.5 Å². The number of carbonyl (C=O) groups is 1. The van der Waals surface area contributed by atoms with Crippen LogP contribution < -0.4 is 15.4 Å². The minimum atomic E-state index is -0.0182. The number of nitrogens with one attached hydrogen (secondary N) is 2. The van der Waals surface area contributed by atoms with Gasteiger partial charge in [-0.15, -0.1) is 0 Å². The molecule has 0 aliphatic carbocycles. The summed E-state index contributed by atoms with van der Waals surface area (Å²) in [6.07, 6.45) is 3.38. The van der Waals surface area contributed by atoms with E-state index in [-0.39, 0.29) is 6.03 Å². The van der Waals surface area contributed by atoms with Crippen LogP contribution in [-0.4, -0.2) is 44.7 Å². The molecule has 1 fully saturated rings. The first-order valence-corrected chi connectivity index (χ1v) is 7.57. The number of piperidine rings is 1. The van der Waals surface area contributed by atoms with Crippen LogP contribution in [0.5, 0.6) is 5.75 Å². The van der Waals surface area contributed by atoms with Crippen molar-refractivity contribution in [2.45, 2.75) is 19.3 Å². The summed E-state index contributed by atoms with van der Waals surface area (Å²) < 4.78 is 5.16. The molecule has 1 aromatic carbocycles. The van der Waals surface area contributed by atoms with Crippen LogP contribution in [-0.2, 0) is 0 Å². The van der Waals surface area contributed by atoms with Gasteiger partial charge in [-0.05, 0) is 50.9 Å². The van der Waals surface area contributed by atoms with Crippen molar-refractivity contribution in [3.63, 3.8) is 0 Å². The molecule has 5 heteroatoms. The summed E-state index contributed by atoms with van der Waals surface area (Å²) in [4.78, 5) is 14.1. The molecule has 1 aliphatic heterocycles. The number of benzene rings is 1. The lowest BCUT2D eigenvalue weighted by Crippen LogP contribution is -2.41. The van der Waals surface area contributed by atoms with Gasteiger partial charge in [0.05, 0.1) is 7.11 Å². The van der Waals surface area contributed by atoms with Gasteiger partial charge in [0, 0.05) is 24.8 Å². The van der Waals surface area contributed by atoms with E-state index in [2.05, 4.69) is 10.6 Å². The highest BCUT2D eigenvalue weighted by molar-refractivity contribution is 5.89. The van der Waals surface area contributed by atoms with E-state index in [9.17, 15) is 4.79 Å². The normalized spacial score (nSPS) is 15.8. The molecule has 1 aliphatic rings. The molecule has 5 nitrogen and oxygen atoms in total. The third-order valence-corrected chi connectivity index (χ3v) is 4.03. The van der Waals surface area contributed by atoms with E-state index in [1.54, 1.807) is 7.11 Å². The number of methoxy groups -OCH3 is 1. The predicted octanol–water partition coefficient (Wildman–Crippen LogP) is 2.55. The largest absolute Gasteiger partial charge is 0.497 e. The average molecular weight is 291 g/mol. The van der Waals surface area contributed by atoms with Crippen molar-refractivity contribution >= 4 is 11.7 Å². The molecule has 1 aromatic rings. The van der Waals surface area contributed by atoms with Crippen molar-refractivity contribution in [2.24, 2.45) is 5.92 Å². The lowest BCUT2D eigenvalue weighted by atomic mass is 9.94. The second-order valence-electron chi connectivity index (χ2n) is 5.48. The zero-order valence-corrected chi connectivity index (χ0v) is 12.9. The van der Waals surface area contributed by atoms with Gasteiger partial charge in [-0.3, -0.25) is 0 Å². The highest BCUT2D eigenvalue weighted by atomic mass is 16.5. The number of amides is 2. The number of anilines is 1. The van der Waals surface area contributed by atoms with Crippen molar-refractivity contribution in [1.29, 1.82) is 0 Å². The molecule has 0 saturated carbocycles. The van der Waals surface area contributed by atoms with Gasteiger partial charge < -0.3 is 20.3 Å². The Kier molecular flexibility index (Phi) is 5.87. The minimum Gasteiger partial charge on any atom is -0.497 e. The Morgan fingerprint density at radius 3 is 2.81 bits per heavy atom. The number of urea groups is 1. The maximum atomic E-state index is 12.2. The fraction of sp³-hybridized carbons (Fsp3) is 0.562. The Bertz CT molecular complexity index is 457. The summed E-state index contributed by atoms with van der Waals surface area (Å²) >= 11 is 0. The number of carbonyl (C=O) groups excluding carboxylic acids is 1. The van der Waals surface area contributed by atoms with Gasteiger partial charge >= 0.3 is 6.03 Å². The highest BCUT2D eigenvalue weighted by Gasteiger charge is 2.22. The van der Waals surface area contributed by atoms with Crippen LogP contribution in [0, 0.1) is 5.92 Å².